The van der Waals surface area contributed by atoms with Crippen LogP contribution < -0.4 is 0 Å². The molecule has 3 nitrogen and oxygen atoms in total. The van der Waals surface area contributed by atoms with Crippen molar-refractivity contribution in [2.24, 2.45) is 0 Å². The van der Waals surface area contributed by atoms with Gasteiger partial charge in [0.05, 0.1) is 0 Å². The Morgan fingerprint density at radius 2 is 1.14 bits per heavy atom. The summed E-state index contributed by atoms with van der Waals surface area (Å²) in [6, 6.07) is 31.7. The highest BCUT2D eigenvalue weighted by Gasteiger charge is 2.11. The second-order valence-corrected chi connectivity index (χ2v) is 10.6. The van der Waals surface area contributed by atoms with Crippen LogP contribution in [-0.2, 0) is 12.8 Å². The number of carbonyl (C=O) groups is 3. The first-order chi connectivity index (χ1) is 20.2. The molecule has 0 N–H and O–H groups in total. The summed E-state index contributed by atoms with van der Waals surface area (Å²) in [5.41, 5.74) is 8.20. The Hall–Kier alpha value is -2.65. The smallest absolute Gasteiger partial charge is 0.163 e. The van der Waals surface area contributed by atoms with Crippen LogP contribution in [0, 0.1) is 13.8 Å². The van der Waals surface area contributed by atoms with Gasteiger partial charge in [0.15, 0.2) is 17.3 Å². The number of hydrogen-bond acceptors (Lipinski definition) is 3. The monoisotopic (exact) mass is 786 g/mol. The molecule has 4 aromatic carbocycles. The van der Waals surface area contributed by atoms with Crippen LogP contribution in [0.5, 0.6) is 0 Å². The average molecular weight is 787 g/mol. The van der Waals surface area contributed by atoms with Gasteiger partial charge in [0.1, 0.15) is 0 Å². The Morgan fingerprint density at radius 3 is 1.67 bits per heavy atom. The Balaban J connectivity index is 0.000000277. The molecule has 0 aromatic heterocycles. The van der Waals surface area contributed by atoms with Crippen molar-refractivity contribution >= 4 is 54.6 Å². The molecule has 0 amide bonds. The number of hydrogen-bond donors (Lipinski definition) is 0. The summed E-state index contributed by atoms with van der Waals surface area (Å²) < 4.78 is 0. The number of rotatable bonds is 10. The van der Waals surface area contributed by atoms with Crippen LogP contribution in [0.4, 0.5) is 0 Å². The first-order valence-electron chi connectivity index (χ1n) is 14.1. The second-order valence-electron chi connectivity index (χ2n) is 10.6. The van der Waals surface area contributed by atoms with Gasteiger partial charge in [-0.25, -0.2) is 0 Å². The molecule has 220 valence electrons. The van der Waals surface area contributed by atoms with Crippen LogP contribution in [0.15, 0.2) is 97.1 Å². The van der Waals surface area contributed by atoms with E-state index in [4.69, 9.17) is 0 Å². The summed E-state index contributed by atoms with van der Waals surface area (Å²) in [4.78, 5) is 35.3. The van der Waals surface area contributed by atoms with E-state index >= 15 is 0 Å². The van der Waals surface area contributed by atoms with Crippen LogP contribution in [0.2, 0.25) is 0 Å². The first kappa shape index (κ1) is 35.5. The normalized spacial score (nSPS) is 10.8. The van der Waals surface area contributed by atoms with Gasteiger partial charge in [0.2, 0.25) is 0 Å². The molecule has 0 spiro atoms. The summed E-state index contributed by atoms with van der Waals surface area (Å²) in [6.45, 7) is 9.55. The van der Waals surface area contributed by atoms with E-state index in [0.717, 1.165) is 35.1 Å². The minimum Gasteiger partial charge on any atom is -0.295 e. The zero-order chi connectivity index (χ0) is 31.1. The molecule has 1 unspecified atom stereocenters. The number of halogens is 2. The quantitative estimate of drug-likeness (QED) is 0.119. The third-order valence-electron chi connectivity index (χ3n) is 7.21. The van der Waals surface area contributed by atoms with Gasteiger partial charge in [0, 0.05) is 60.3 Å². The lowest BCUT2D eigenvalue weighted by atomic mass is 9.91. The fourth-order valence-electron chi connectivity index (χ4n) is 4.89. The van der Waals surface area contributed by atoms with E-state index in [1.54, 1.807) is 13.8 Å². The van der Waals surface area contributed by atoms with Crippen LogP contribution in [0.25, 0.3) is 0 Å². The molecule has 1 atom stereocenters. The summed E-state index contributed by atoms with van der Waals surface area (Å²) in [7, 11) is 0. The fraction of sp³-hybridized carbons (Fsp3) is 0.270. The maximum Gasteiger partial charge on any atom is 0.163 e. The van der Waals surface area contributed by atoms with Gasteiger partial charge in [-0.3, -0.25) is 14.4 Å². The van der Waals surface area contributed by atoms with E-state index in [1.165, 1.54) is 16.7 Å². The SMILES string of the molecule is CC(=O)c1ccccc1CCC(=O)c1cccc(C)c1.CC(=O)c1ccccc1CCC(C)c1cccc(C)c1.II. The number of ketones is 3. The predicted molar refractivity (Wildman–Crippen MR) is 193 cm³/mol. The molecular weight excluding hydrogens is 746 g/mol. The van der Waals surface area contributed by atoms with Gasteiger partial charge in [-0.15, -0.1) is 0 Å². The molecule has 0 fully saturated rings. The van der Waals surface area contributed by atoms with Crippen LogP contribution in [0.3, 0.4) is 0 Å². The van der Waals surface area contributed by atoms with Crippen LogP contribution in [0.1, 0.15) is 98.4 Å². The van der Waals surface area contributed by atoms with Gasteiger partial charge in [-0.2, -0.15) is 0 Å². The maximum atomic E-state index is 12.2. The molecule has 4 aromatic rings. The van der Waals surface area contributed by atoms with E-state index in [-0.39, 0.29) is 17.3 Å². The van der Waals surface area contributed by atoms with Crippen molar-refractivity contribution in [1.82, 2.24) is 0 Å². The Labute approximate surface area is 274 Å². The average Bonchev–Trinajstić information content (AvgIpc) is 3.00. The molecule has 0 radical (unpaired) electrons. The van der Waals surface area contributed by atoms with Gasteiger partial charge in [-0.05, 0) is 75.6 Å². The third-order valence-corrected chi connectivity index (χ3v) is 7.21. The summed E-state index contributed by atoms with van der Waals surface area (Å²) in [5, 5.41) is 0. The van der Waals surface area contributed by atoms with Crippen molar-refractivity contribution < 1.29 is 14.4 Å². The van der Waals surface area contributed by atoms with Gasteiger partial charge < -0.3 is 0 Å². The van der Waals surface area contributed by atoms with Gasteiger partial charge >= 0.3 is 0 Å². The molecule has 0 heterocycles. The molecule has 0 saturated heterocycles. The van der Waals surface area contributed by atoms with E-state index in [1.807, 2.05) is 73.7 Å². The Bertz CT molecular complexity index is 1480. The van der Waals surface area contributed by atoms with E-state index in [0.29, 0.717) is 24.3 Å². The van der Waals surface area contributed by atoms with Gasteiger partial charge in [-0.1, -0.05) is 109 Å². The van der Waals surface area contributed by atoms with Crippen molar-refractivity contribution in [3.05, 3.63) is 142 Å². The Kier molecular flexibility index (Phi) is 15.9. The largest absolute Gasteiger partial charge is 0.295 e. The molecule has 5 heteroatoms. The number of benzene rings is 4. The highest BCUT2D eigenvalue weighted by atomic mass is 128. The molecule has 42 heavy (non-hydrogen) atoms. The molecular formula is C37H40I2O3. The second kappa shape index (κ2) is 18.8. The van der Waals surface area contributed by atoms with Crippen molar-refractivity contribution in [1.29, 1.82) is 0 Å². The Morgan fingerprint density at radius 1 is 0.643 bits per heavy atom. The molecule has 4 rings (SSSR count). The highest BCUT2D eigenvalue weighted by Crippen LogP contribution is 2.23. The number of aryl methyl sites for hydroxylation is 4. The fourth-order valence-corrected chi connectivity index (χ4v) is 4.89. The lowest BCUT2D eigenvalue weighted by Crippen LogP contribution is -2.05. The third kappa shape index (κ3) is 11.6. The van der Waals surface area contributed by atoms with Crippen molar-refractivity contribution in [2.45, 2.75) is 66.2 Å². The van der Waals surface area contributed by atoms with Crippen molar-refractivity contribution in [2.75, 3.05) is 0 Å². The standard InChI is InChI=1S/C19H22O.C18H18O2.I2/c1-14-7-6-9-18(13-14)15(2)11-12-17-8-4-5-10-19(17)16(3)20;1-13-6-5-8-16(12-13)18(20)11-10-15-7-3-4-9-17(15)14(2)19;1-2/h4-10,13,15H,11-12H2,1-3H3;3-9,12H,10-11H2,1-2H3;. The van der Waals surface area contributed by atoms with Crippen LogP contribution in [-0.4, -0.2) is 17.3 Å². The topological polar surface area (TPSA) is 51.2 Å². The molecule has 0 aliphatic carbocycles. The zero-order valence-corrected chi connectivity index (χ0v) is 29.4. The van der Waals surface area contributed by atoms with Gasteiger partial charge in [0.25, 0.3) is 0 Å². The number of carbonyl (C=O) groups excluding carboxylic acids is 3. The minimum atomic E-state index is 0.0450. The summed E-state index contributed by atoms with van der Waals surface area (Å²) in [6.07, 6.45) is 3.04. The minimum absolute atomic E-state index is 0.0450. The zero-order valence-electron chi connectivity index (χ0n) is 25.1. The summed E-state index contributed by atoms with van der Waals surface area (Å²) >= 11 is 4.24. The highest BCUT2D eigenvalue weighted by molar-refractivity contribution is 15.0. The lowest BCUT2D eigenvalue weighted by Gasteiger charge is -2.14. The van der Waals surface area contributed by atoms with E-state index in [2.05, 4.69) is 81.4 Å². The van der Waals surface area contributed by atoms with Crippen molar-refractivity contribution in [3.63, 3.8) is 0 Å². The van der Waals surface area contributed by atoms with Crippen molar-refractivity contribution in [3.8, 4) is 0 Å². The number of Topliss-reactive ketones (excluding diaryl/α,β-unsaturated/α-hetero) is 3. The lowest BCUT2D eigenvalue weighted by molar-refractivity contribution is 0.0976. The van der Waals surface area contributed by atoms with E-state index in [9.17, 15) is 14.4 Å². The van der Waals surface area contributed by atoms with Crippen LogP contribution >= 0.6 is 37.2 Å². The molecule has 0 bridgehead atoms. The van der Waals surface area contributed by atoms with E-state index < -0.39 is 0 Å². The molecule has 0 saturated carbocycles. The maximum absolute atomic E-state index is 12.2. The predicted octanol–water partition coefficient (Wildman–Crippen LogP) is 10.7. The molecule has 0 aliphatic heterocycles. The molecule has 0 aliphatic rings. The first-order valence-corrected chi connectivity index (χ1v) is 20.4. The summed E-state index contributed by atoms with van der Waals surface area (Å²) in [5.74, 6) is 0.828.